The van der Waals surface area contributed by atoms with Gasteiger partial charge in [-0.1, -0.05) is 17.7 Å². The van der Waals surface area contributed by atoms with Gasteiger partial charge < -0.3 is 4.74 Å². The van der Waals surface area contributed by atoms with Crippen LogP contribution < -0.4 is 4.74 Å². The zero-order valence-corrected chi connectivity index (χ0v) is 14.3. The maximum atomic E-state index is 13.9. The van der Waals surface area contributed by atoms with Crippen LogP contribution in [0, 0.1) is 5.82 Å². The fourth-order valence-electron chi connectivity index (χ4n) is 2.83. The minimum atomic E-state index is -0.249. The van der Waals surface area contributed by atoms with E-state index < -0.39 is 0 Å². The summed E-state index contributed by atoms with van der Waals surface area (Å²) in [7, 11) is 3.64. The van der Waals surface area contributed by atoms with Crippen LogP contribution in [0.5, 0.6) is 5.75 Å². The van der Waals surface area contributed by atoms with Crippen molar-refractivity contribution in [2.75, 3.05) is 14.2 Å². The second-order valence-corrected chi connectivity index (χ2v) is 6.17. The molecule has 1 heterocycles. The van der Waals surface area contributed by atoms with Gasteiger partial charge >= 0.3 is 0 Å². The Morgan fingerprint density at radius 1 is 1.12 bits per heavy atom. The van der Waals surface area contributed by atoms with Gasteiger partial charge in [0, 0.05) is 35.3 Å². The van der Waals surface area contributed by atoms with Crippen molar-refractivity contribution in [2.24, 2.45) is 0 Å². The highest BCUT2D eigenvalue weighted by atomic mass is 35.5. The van der Waals surface area contributed by atoms with Crippen LogP contribution in [0.2, 0.25) is 5.02 Å². The van der Waals surface area contributed by atoms with Gasteiger partial charge in [-0.25, -0.2) is 4.39 Å². The smallest absolute Gasteiger partial charge is 0.132 e. The molecule has 3 rings (SSSR count). The molecule has 0 N–H and O–H groups in total. The number of ether oxygens (including phenoxy) is 1. The van der Waals surface area contributed by atoms with Gasteiger partial charge in [-0.3, -0.25) is 9.88 Å². The number of benzene rings is 2. The second kappa shape index (κ2) is 7.16. The van der Waals surface area contributed by atoms with Crippen molar-refractivity contribution in [3.05, 3.63) is 70.6 Å². The van der Waals surface area contributed by atoms with Crippen molar-refractivity contribution in [1.29, 1.82) is 0 Å². The highest BCUT2D eigenvalue weighted by Gasteiger charge is 2.11. The second-order valence-electron chi connectivity index (χ2n) is 5.73. The predicted molar refractivity (Wildman–Crippen MR) is 94.9 cm³/mol. The van der Waals surface area contributed by atoms with Gasteiger partial charge in [0.25, 0.3) is 0 Å². The molecule has 0 aliphatic heterocycles. The summed E-state index contributed by atoms with van der Waals surface area (Å²) in [5.74, 6) is 0.550. The summed E-state index contributed by atoms with van der Waals surface area (Å²) >= 11 is 6.09. The Labute approximate surface area is 145 Å². The third-order valence-corrected chi connectivity index (χ3v) is 4.16. The van der Waals surface area contributed by atoms with E-state index in [1.807, 2.05) is 19.2 Å². The van der Waals surface area contributed by atoms with Crippen LogP contribution in [0.4, 0.5) is 4.39 Å². The summed E-state index contributed by atoms with van der Waals surface area (Å²) < 4.78 is 19.3. The number of aromatic nitrogens is 1. The van der Waals surface area contributed by atoms with E-state index in [-0.39, 0.29) is 5.82 Å². The van der Waals surface area contributed by atoms with E-state index in [9.17, 15) is 4.39 Å². The molecule has 24 heavy (non-hydrogen) atoms. The summed E-state index contributed by atoms with van der Waals surface area (Å²) in [4.78, 5) is 6.46. The molecule has 0 radical (unpaired) electrons. The average molecular weight is 345 g/mol. The quantitative estimate of drug-likeness (QED) is 0.672. The van der Waals surface area contributed by atoms with Crippen molar-refractivity contribution in [3.8, 4) is 5.75 Å². The molecule has 0 unspecified atom stereocenters. The number of hydrogen-bond donors (Lipinski definition) is 0. The molecular weight excluding hydrogens is 327 g/mol. The topological polar surface area (TPSA) is 25.4 Å². The van der Waals surface area contributed by atoms with Gasteiger partial charge in [-0.15, -0.1) is 0 Å². The van der Waals surface area contributed by atoms with Gasteiger partial charge in [-0.2, -0.15) is 0 Å². The van der Waals surface area contributed by atoms with Crippen LogP contribution in [0.15, 0.2) is 48.7 Å². The Bertz CT molecular complexity index is 869. The van der Waals surface area contributed by atoms with Gasteiger partial charge in [0.1, 0.15) is 11.6 Å². The fraction of sp³-hybridized carbons (Fsp3) is 0.211. The van der Waals surface area contributed by atoms with E-state index in [4.69, 9.17) is 16.3 Å². The van der Waals surface area contributed by atoms with Gasteiger partial charge in [0.15, 0.2) is 0 Å². The molecular formula is C19H18ClFN2O. The largest absolute Gasteiger partial charge is 0.496 e. The Balaban J connectivity index is 1.85. The highest BCUT2D eigenvalue weighted by molar-refractivity contribution is 6.30. The summed E-state index contributed by atoms with van der Waals surface area (Å²) in [6, 6.07) is 12.3. The Morgan fingerprint density at radius 2 is 1.92 bits per heavy atom. The molecule has 3 nitrogen and oxygen atoms in total. The van der Waals surface area contributed by atoms with E-state index >= 15 is 0 Å². The molecule has 0 aliphatic rings. The number of hydrogen-bond acceptors (Lipinski definition) is 3. The Morgan fingerprint density at radius 3 is 2.71 bits per heavy atom. The van der Waals surface area contributed by atoms with Crippen molar-refractivity contribution in [2.45, 2.75) is 13.1 Å². The molecule has 1 aromatic heterocycles. The number of halogens is 2. The van der Waals surface area contributed by atoms with Crippen molar-refractivity contribution < 1.29 is 9.13 Å². The van der Waals surface area contributed by atoms with E-state index in [0.717, 1.165) is 16.9 Å². The number of pyridine rings is 1. The van der Waals surface area contributed by atoms with Crippen LogP contribution in [0.25, 0.3) is 10.9 Å². The van der Waals surface area contributed by atoms with Crippen LogP contribution >= 0.6 is 11.6 Å². The molecule has 5 heteroatoms. The minimum absolute atomic E-state index is 0.249. The first-order valence-corrected chi connectivity index (χ1v) is 7.99. The lowest BCUT2D eigenvalue weighted by Gasteiger charge is -2.19. The maximum Gasteiger partial charge on any atom is 0.132 e. The molecule has 0 saturated carbocycles. The molecule has 0 aliphatic carbocycles. The first kappa shape index (κ1) is 16.7. The molecule has 0 atom stereocenters. The normalized spacial score (nSPS) is 11.2. The summed E-state index contributed by atoms with van der Waals surface area (Å²) in [5, 5.41) is 1.22. The number of nitrogens with zero attached hydrogens (tertiary/aromatic N) is 2. The summed E-state index contributed by atoms with van der Waals surface area (Å²) in [6.07, 6.45) is 1.69. The molecule has 0 fully saturated rings. The van der Waals surface area contributed by atoms with E-state index in [1.165, 1.54) is 6.07 Å². The lowest BCUT2D eigenvalue weighted by Crippen LogP contribution is -2.18. The first-order valence-electron chi connectivity index (χ1n) is 7.61. The Hall–Kier alpha value is -2.17. The summed E-state index contributed by atoms with van der Waals surface area (Å²) in [5.41, 5.74) is 2.68. The summed E-state index contributed by atoms with van der Waals surface area (Å²) in [6.45, 7) is 1.30. The van der Waals surface area contributed by atoms with Crippen LogP contribution in [0.3, 0.4) is 0 Å². The zero-order valence-electron chi connectivity index (χ0n) is 13.6. The average Bonchev–Trinajstić information content (AvgIpc) is 2.58. The highest BCUT2D eigenvalue weighted by Crippen LogP contribution is 2.25. The molecule has 0 bridgehead atoms. The molecule has 3 aromatic rings. The molecule has 2 aromatic carbocycles. The van der Waals surface area contributed by atoms with Gasteiger partial charge in [0.05, 0.1) is 12.6 Å². The number of rotatable bonds is 5. The zero-order chi connectivity index (χ0) is 17.1. The SMILES string of the molecule is COc1ccc(Cl)cc1CN(C)Cc1ccc(F)c2cccnc12. The monoisotopic (exact) mass is 344 g/mol. The Kier molecular flexibility index (Phi) is 4.97. The van der Waals surface area contributed by atoms with Crippen molar-refractivity contribution in [1.82, 2.24) is 9.88 Å². The van der Waals surface area contributed by atoms with Crippen LogP contribution in [-0.4, -0.2) is 24.0 Å². The molecule has 0 saturated heterocycles. The number of methoxy groups -OCH3 is 1. The standard InChI is InChI=1S/C19H18ClFN2O/c1-23(12-14-10-15(20)6-8-18(14)24-2)11-13-5-7-17(21)16-4-3-9-22-19(13)16/h3-10H,11-12H2,1-2H3. The lowest BCUT2D eigenvalue weighted by molar-refractivity contribution is 0.311. The fourth-order valence-corrected chi connectivity index (χ4v) is 3.03. The van der Waals surface area contributed by atoms with Crippen molar-refractivity contribution in [3.63, 3.8) is 0 Å². The van der Waals surface area contributed by atoms with Gasteiger partial charge in [-0.05, 0) is 49.0 Å². The molecule has 0 spiro atoms. The maximum absolute atomic E-state index is 13.9. The predicted octanol–water partition coefficient (Wildman–Crippen LogP) is 4.67. The van der Waals surface area contributed by atoms with Crippen LogP contribution in [-0.2, 0) is 13.1 Å². The lowest BCUT2D eigenvalue weighted by atomic mass is 10.1. The number of fused-ring (bicyclic) bond motifs is 1. The van der Waals surface area contributed by atoms with E-state index in [0.29, 0.717) is 29.0 Å². The van der Waals surface area contributed by atoms with Crippen molar-refractivity contribution >= 4 is 22.5 Å². The minimum Gasteiger partial charge on any atom is -0.496 e. The third kappa shape index (κ3) is 3.50. The molecule has 0 amide bonds. The van der Waals surface area contributed by atoms with E-state index in [2.05, 4.69) is 9.88 Å². The van der Waals surface area contributed by atoms with E-state index in [1.54, 1.807) is 37.6 Å². The van der Waals surface area contributed by atoms with Crippen LogP contribution in [0.1, 0.15) is 11.1 Å². The molecule has 124 valence electrons. The first-order chi connectivity index (χ1) is 11.6. The van der Waals surface area contributed by atoms with Gasteiger partial charge in [0.2, 0.25) is 0 Å². The third-order valence-electron chi connectivity index (χ3n) is 3.92.